The number of amides is 1. The first-order valence-corrected chi connectivity index (χ1v) is 11.9. The third kappa shape index (κ3) is 4.80. The number of nitrogens with one attached hydrogen (secondary N) is 4. The second kappa shape index (κ2) is 9.55. The average Bonchev–Trinajstić information content (AvgIpc) is 2.84. The normalized spacial score (nSPS) is 16.1. The van der Waals surface area contributed by atoms with E-state index in [1.54, 1.807) is 6.92 Å². The van der Waals surface area contributed by atoms with Gasteiger partial charge in [0, 0.05) is 25.0 Å². The Labute approximate surface area is 202 Å². The number of hydrogen-bond acceptors (Lipinski definition) is 8. The quantitative estimate of drug-likeness (QED) is 0.351. The molecule has 1 aromatic carbocycles. The van der Waals surface area contributed by atoms with Crippen molar-refractivity contribution in [2.24, 2.45) is 0 Å². The van der Waals surface area contributed by atoms with E-state index in [1.165, 1.54) is 23.4 Å². The molecule has 3 aromatic rings. The Bertz CT molecular complexity index is 1260. The van der Waals surface area contributed by atoms with E-state index < -0.39 is 11.4 Å². The Hall–Kier alpha value is -3.63. The molecule has 182 valence electrons. The van der Waals surface area contributed by atoms with E-state index in [4.69, 9.17) is 0 Å². The van der Waals surface area contributed by atoms with Crippen LogP contribution in [0.5, 0.6) is 0 Å². The zero-order valence-electron chi connectivity index (χ0n) is 19.5. The largest absolute Gasteiger partial charge is 0.384 e. The van der Waals surface area contributed by atoms with Crippen molar-refractivity contribution < 1.29 is 14.3 Å². The molecule has 1 saturated carbocycles. The molecule has 5 N–H and O–H groups in total. The number of anilines is 4. The summed E-state index contributed by atoms with van der Waals surface area (Å²) in [5.41, 5.74) is 2.92. The highest BCUT2D eigenvalue weighted by atomic mass is 19.1. The van der Waals surface area contributed by atoms with Crippen LogP contribution in [0.3, 0.4) is 0 Å². The molecule has 5 rings (SSSR count). The van der Waals surface area contributed by atoms with Crippen molar-refractivity contribution in [2.75, 3.05) is 23.7 Å². The van der Waals surface area contributed by atoms with Crippen molar-refractivity contribution >= 4 is 29.0 Å². The zero-order valence-corrected chi connectivity index (χ0v) is 19.5. The molecule has 1 aliphatic heterocycles. The van der Waals surface area contributed by atoms with Crippen LogP contribution in [0, 0.1) is 5.82 Å². The lowest BCUT2D eigenvalue weighted by Gasteiger charge is -2.36. The minimum Gasteiger partial charge on any atom is -0.384 e. The first kappa shape index (κ1) is 23.1. The molecular formula is C25H28FN7O2. The topological polar surface area (TPSA) is 124 Å². The number of carbonyl (C=O) groups is 1. The summed E-state index contributed by atoms with van der Waals surface area (Å²) in [6.07, 6.45) is 5.50. The van der Waals surface area contributed by atoms with Crippen LogP contribution in [0.4, 0.5) is 27.5 Å². The molecule has 0 saturated heterocycles. The molecular weight excluding hydrogens is 449 g/mol. The van der Waals surface area contributed by atoms with Crippen LogP contribution in [0.1, 0.15) is 53.4 Å². The van der Waals surface area contributed by atoms with E-state index in [1.807, 2.05) is 12.1 Å². The number of rotatable bonds is 7. The van der Waals surface area contributed by atoms with Gasteiger partial charge in [-0.3, -0.25) is 9.78 Å². The van der Waals surface area contributed by atoms with Crippen LogP contribution in [0.25, 0.3) is 0 Å². The standard InChI is InChI=1S/C25H28FN7O2/c1-2-28-23(34)18-13-30-24(31-17-5-4-15-6-9-27-12-16(15)10-17)33-22(18)32-20-11-21(29-14-19(20)26)25(35)7-3-8-25/h4-5,10-11,13-14,27,35H,2-3,6-9,12H2,1H3,(H,28,34)(H2,29,30,31,32,33). The van der Waals surface area contributed by atoms with Gasteiger partial charge in [-0.1, -0.05) is 6.07 Å². The highest BCUT2D eigenvalue weighted by molar-refractivity contribution is 5.99. The molecule has 2 aliphatic rings. The molecule has 0 bridgehead atoms. The summed E-state index contributed by atoms with van der Waals surface area (Å²) >= 11 is 0. The molecule has 35 heavy (non-hydrogen) atoms. The second-order valence-corrected chi connectivity index (χ2v) is 8.91. The lowest BCUT2D eigenvalue weighted by Crippen LogP contribution is -2.34. The minimum absolute atomic E-state index is 0.0744. The number of benzene rings is 1. The molecule has 1 fully saturated rings. The number of pyridine rings is 1. The van der Waals surface area contributed by atoms with Gasteiger partial charge in [-0.05, 0) is 68.5 Å². The van der Waals surface area contributed by atoms with Gasteiger partial charge in [0.15, 0.2) is 5.82 Å². The predicted octanol–water partition coefficient (Wildman–Crippen LogP) is 3.26. The molecule has 0 atom stereocenters. The second-order valence-electron chi connectivity index (χ2n) is 8.91. The number of halogens is 1. The fourth-order valence-electron chi connectivity index (χ4n) is 4.33. The SMILES string of the molecule is CCNC(=O)c1cnc(Nc2ccc3c(c2)CNCC3)nc1Nc1cc(C2(O)CCC2)ncc1F. The van der Waals surface area contributed by atoms with Crippen LogP contribution >= 0.6 is 0 Å². The first-order chi connectivity index (χ1) is 16.9. The van der Waals surface area contributed by atoms with Gasteiger partial charge >= 0.3 is 0 Å². The van der Waals surface area contributed by atoms with Crippen molar-refractivity contribution in [2.45, 2.75) is 44.8 Å². The minimum atomic E-state index is -1.05. The van der Waals surface area contributed by atoms with E-state index in [0.717, 1.165) is 37.8 Å². The summed E-state index contributed by atoms with van der Waals surface area (Å²) in [4.78, 5) is 25.5. The maximum absolute atomic E-state index is 14.7. The Balaban J connectivity index is 1.46. The number of aliphatic hydroxyl groups is 1. The maximum atomic E-state index is 14.7. The van der Waals surface area contributed by atoms with Crippen molar-refractivity contribution in [3.05, 3.63) is 64.9 Å². The lowest BCUT2D eigenvalue weighted by atomic mass is 9.77. The molecule has 2 aromatic heterocycles. The lowest BCUT2D eigenvalue weighted by molar-refractivity contribution is -0.0426. The highest BCUT2D eigenvalue weighted by Gasteiger charge is 2.38. The number of fused-ring (bicyclic) bond motifs is 1. The molecule has 3 heterocycles. The summed E-state index contributed by atoms with van der Waals surface area (Å²) in [6, 6.07) is 7.57. The number of nitrogens with zero attached hydrogens (tertiary/aromatic N) is 3. The van der Waals surface area contributed by atoms with Gasteiger partial charge in [0.2, 0.25) is 5.95 Å². The zero-order chi connectivity index (χ0) is 24.4. The van der Waals surface area contributed by atoms with Gasteiger partial charge in [0.25, 0.3) is 5.91 Å². The Kier molecular flexibility index (Phi) is 6.31. The Morgan fingerprint density at radius 2 is 2.03 bits per heavy atom. The summed E-state index contributed by atoms with van der Waals surface area (Å²) in [7, 11) is 0. The molecule has 0 unspecified atom stereocenters. The van der Waals surface area contributed by atoms with Gasteiger partial charge in [-0.25, -0.2) is 9.37 Å². The van der Waals surface area contributed by atoms with Gasteiger partial charge < -0.3 is 26.4 Å². The Morgan fingerprint density at radius 1 is 1.17 bits per heavy atom. The van der Waals surface area contributed by atoms with Crippen LogP contribution in [0.2, 0.25) is 0 Å². The van der Waals surface area contributed by atoms with Crippen LogP contribution in [-0.4, -0.2) is 39.1 Å². The smallest absolute Gasteiger partial charge is 0.256 e. The van der Waals surface area contributed by atoms with E-state index in [0.29, 0.717) is 25.1 Å². The number of carbonyl (C=O) groups excluding carboxylic acids is 1. The Morgan fingerprint density at radius 3 is 2.80 bits per heavy atom. The van der Waals surface area contributed by atoms with Crippen LogP contribution in [0.15, 0.2) is 36.7 Å². The molecule has 9 nitrogen and oxygen atoms in total. The summed E-state index contributed by atoms with van der Waals surface area (Å²) in [5.74, 6) is -0.594. The van der Waals surface area contributed by atoms with E-state index >= 15 is 0 Å². The molecule has 0 spiro atoms. The molecule has 1 amide bonds. The summed E-state index contributed by atoms with van der Waals surface area (Å²) < 4.78 is 14.7. The monoisotopic (exact) mass is 477 g/mol. The fraction of sp³-hybridized carbons (Fsp3) is 0.360. The van der Waals surface area contributed by atoms with E-state index in [-0.39, 0.29) is 28.9 Å². The van der Waals surface area contributed by atoms with Gasteiger partial charge in [0.1, 0.15) is 17.0 Å². The summed E-state index contributed by atoms with van der Waals surface area (Å²) in [5, 5.41) is 22.8. The molecule has 10 heteroatoms. The van der Waals surface area contributed by atoms with Gasteiger partial charge in [0.05, 0.1) is 17.6 Å². The fourth-order valence-corrected chi connectivity index (χ4v) is 4.33. The first-order valence-electron chi connectivity index (χ1n) is 11.9. The third-order valence-corrected chi connectivity index (χ3v) is 6.49. The highest BCUT2D eigenvalue weighted by Crippen LogP contribution is 2.41. The summed E-state index contributed by atoms with van der Waals surface area (Å²) in [6.45, 7) is 3.98. The number of hydrogen-bond donors (Lipinski definition) is 5. The third-order valence-electron chi connectivity index (χ3n) is 6.49. The molecule has 0 radical (unpaired) electrons. The predicted molar refractivity (Wildman–Crippen MR) is 130 cm³/mol. The molecule has 1 aliphatic carbocycles. The van der Waals surface area contributed by atoms with E-state index in [9.17, 15) is 14.3 Å². The van der Waals surface area contributed by atoms with Crippen molar-refractivity contribution in [1.29, 1.82) is 0 Å². The van der Waals surface area contributed by atoms with Gasteiger partial charge in [-0.15, -0.1) is 0 Å². The van der Waals surface area contributed by atoms with Crippen molar-refractivity contribution in [3.63, 3.8) is 0 Å². The van der Waals surface area contributed by atoms with Crippen molar-refractivity contribution in [1.82, 2.24) is 25.6 Å². The average molecular weight is 478 g/mol. The van der Waals surface area contributed by atoms with Crippen LogP contribution < -0.4 is 21.3 Å². The van der Waals surface area contributed by atoms with Crippen molar-refractivity contribution in [3.8, 4) is 0 Å². The maximum Gasteiger partial charge on any atom is 0.256 e. The number of aromatic nitrogens is 3. The van der Waals surface area contributed by atoms with E-state index in [2.05, 4.69) is 42.3 Å². The van der Waals surface area contributed by atoms with Gasteiger partial charge in [-0.2, -0.15) is 4.98 Å². The van der Waals surface area contributed by atoms with Crippen LogP contribution in [-0.2, 0) is 18.6 Å².